The number of nitrogens with zero attached hydrogens (tertiary/aromatic N) is 1. The number of rotatable bonds is 1. The van der Waals surface area contributed by atoms with Crippen molar-refractivity contribution in [3.05, 3.63) is 21.4 Å². The van der Waals surface area contributed by atoms with E-state index in [0.29, 0.717) is 0 Å². The third-order valence-electron chi connectivity index (χ3n) is 3.48. The number of piperidine rings is 1. The second-order valence-corrected chi connectivity index (χ2v) is 6.96. The van der Waals surface area contributed by atoms with Gasteiger partial charge in [-0.15, -0.1) is 11.3 Å². The molecule has 2 aliphatic rings. The number of likely N-dealkylation sites (tertiary alicyclic amines) is 1. The van der Waals surface area contributed by atoms with Gasteiger partial charge in [-0.05, 0) is 43.1 Å². The first kappa shape index (κ1) is 11.6. The quantitative estimate of drug-likeness (QED) is 0.779. The van der Waals surface area contributed by atoms with E-state index in [1.54, 1.807) is 11.3 Å². The minimum Gasteiger partial charge on any atom is -0.338 e. The van der Waals surface area contributed by atoms with Crippen LogP contribution in [0.1, 0.15) is 39.4 Å². The molecule has 4 heteroatoms. The maximum Gasteiger partial charge on any atom is 0.263 e. The largest absolute Gasteiger partial charge is 0.338 e. The number of hydrogen-bond donors (Lipinski definition) is 0. The topological polar surface area (TPSA) is 20.3 Å². The van der Waals surface area contributed by atoms with Gasteiger partial charge in [0, 0.05) is 23.7 Å². The van der Waals surface area contributed by atoms with Crippen LogP contribution in [-0.4, -0.2) is 29.6 Å². The zero-order chi connectivity index (χ0) is 11.7. The summed E-state index contributed by atoms with van der Waals surface area (Å²) < 4.78 is 0. The van der Waals surface area contributed by atoms with Crippen LogP contribution in [0.15, 0.2) is 6.07 Å². The van der Waals surface area contributed by atoms with Crippen molar-refractivity contribution in [2.24, 2.45) is 0 Å². The highest BCUT2D eigenvalue weighted by molar-refractivity contribution is 7.98. The van der Waals surface area contributed by atoms with Gasteiger partial charge in [-0.1, -0.05) is 0 Å². The summed E-state index contributed by atoms with van der Waals surface area (Å²) in [6.07, 6.45) is 4.78. The molecule has 0 aliphatic carbocycles. The molecule has 0 spiro atoms. The van der Waals surface area contributed by atoms with E-state index in [1.807, 2.05) is 16.7 Å². The molecule has 2 aliphatic heterocycles. The third kappa shape index (κ3) is 2.38. The van der Waals surface area contributed by atoms with E-state index in [-0.39, 0.29) is 5.91 Å². The van der Waals surface area contributed by atoms with Crippen LogP contribution in [0.3, 0.4) is 0 Å². The van der Waals surface area contributed by atoms with E-state index in [1.165, 1.54) is 35.5 Å². The predicted octanol–water partition coefficient (Wildman–Crippen LogP) is 3.16. The summed E-state index contributed by atoms with van der Waals surface area (Å²) in [5.41, 5.74) is 1.41. The van der Waals surface area contributed by atoms with E-state index in [9.17, 15) is 4.79 Å². The van der Waals surface area contributed by atoms with Crippen molar-refractivity contribution in [2.45, 2.75) is 31.4 Å². The third-order valence-corrected chi connectivity index (χ3v) is 5.71. The number of aryl methyl sites for hydroxylation is 1. The van der Waals surface area contributed by atoms with Crippen LogP contribution < -0.4 is 0 Å². The standard InChI is InChI=1S/C13H17NOS2/c15-13(14-5-2-1-3-6-14)12-8-10-9-16-7-4-11(10)17-12/h8H,1-7,9H2. The zero-order valence-electron chi connectivity index (χ0n) is 9.91. The average Bonchev–Trinajstić information content (AvgIpc) is 2.82. The lowest BCUT2D eigenvalue weighted by Gasteiger charge is -2.26. The van der Waals surface area contributed by atoms with Gasteiger partial charge in [0.2, 0.25) is 0 Å². The molecule has 0 unspecified atom stereocenters. The number of thioether (sulfide) groups is 1. The first-order valence-electron chi connectivity index (χ1n) is 6.33. The van der Waals surface area contributed by atoms with Gasteiger partial charge in [0.25, 0.3) is 5.91 Å². The molecule has 0 radical (unpaired) electrons. The van der Waals surface area contributed by atoms with Crippen LogP contribution in [0.2, 0.25) is 0 Å². The summed E-state index contributed by atoms with van der Waals surface area (Å²) in [7, 11) is 0. The highest BCUT2D eigenvalue weighted by atomic mass is 32.2. The molecule has 0 bridgehead atoms. The van der Waals surface area contributed by atoms with Crippen molar-refractivity contribution in [3.8, 4) is 0 Å². The van der Waals surface area contributed by atoms with Gasteiger partial charge in [0.15, 0.2) is 0 Å². The highest BCUT2D eigenvalue weighted by Gasteiger charge is 2.22. The fourth-order valence-corrected chi connectivity index (χ4v) is 4.85. The Kier molecular flexibility index (Phi) is 3.43. The summed E-state index contributed by atoms with van der Waals surface area (Å²) in [5, 5.41) is 0. The monoisotopic (exact) mass is 267 g/mol. The maximum absolute atomic E-state index is 12.3. The van der Waals surface area contributed by atoms with Gasteiger partial charge < -0.3 is 4.90 Å². The molecule has 1 amide bonds. The van der Waals surface area contributed by atoms with Crippen LogP contribution >= 0.6 is 23.1 Å². The Morgan fingerprint density at radius 3 is 2.82 bits per heavy atom. The van der Waals surface area contributed by atoms with Gasteiger partial charge >= 0.3 is 0 Å². The molecule has 1 fully saturated rings. The summed E-state index contributed by atoms with van der Waals surface area (Å²) in [6, 6.07) is 2.14. The summed E-state index contributed by atoms with van der Waals surface area (Å²) >= 11 is 3.71. The van der Waals surface area contributed by atoms with E-state index in [0.717, 1.165) is 30.1 Å². The molecule has 1 aromatic heterocycles. The van der Waals surface area contributed by atoms with Crippen LogP contribution in [0.25, 0.3) is 0 Å². The molecule has 17 heavy (non-hydrogen) atoms. The average molecular weight is 267 g/mol. The lowest BCUT2D eigenvalue weighted by Crippen LogP contribution is -2.35. The van der Waals surface area contributed by atoms with E-state index < -0.39 is 0 Å². The Morgan fingerprint density at radius 2 is 2.06 bits per heavy atom. The smallest absolute Gasteiger partial charge is 0.263 e. The highest BCUT2D eigenvalue weighted by Crippen LogP contribution is 2.32. The Morgan fingerprint density at radius 1 is 1.24 bits per heavy atom. The lowest BCUT2D eigenvalue weighted by atomic mass is 10.1. The Bertz CT molecular complexity index is 398. The molecular formula is C13H17NOS2. The van der Waals surface area contributed by atoms with Gasteiger partial charge in [-0.2, -0.15) is 11.8 Å². The molecular weight excluding hydrogens is 250 g/mol. The van der Waals surface area contributed by atoms with Crippen molar-refractivity contribution in [1.29, 1.82) is 0 Å². The molecule has 0 N–H and O–H groups in total. The van der Waals surface area contributed by atoms with Crippen molar-refractivity contribution < 1.29 is 4.79 Å². The molecule has 92 valence electrons. The van der Waals surface area contributed by atoms with Gasteiger partial charge in [0.05, 0.1) is 4.88 Å². The molecule has 1 saturated heterocycles. The number of thiophene rings is 1. The molecule has 0 saturated carbocycles. The maximum atomic E-state index is 12.3. The van der Waals surface area contributed by atoms with Crippen LogP contribution in [0, 0.1) is 0 Å². The summed E-state index contributed by atoms with van der Waals surface area (Å²) in [4.78, 5) is 16.8. The number of fused-ring (bicyclic) bond motifs is 1. The van der Waals surface area contributed by atoms with Crippen LogP contribution in [0.5, 0.6) is 0 Å². The minimum atomic E-state index is 0.272. The van der Waals surface area contributed by atoms with Gasteiger partial charge in [0.1, 0.15) is 0 Å². The first-order valence-corrected chi connectivity index (χ1v) is 8.30. The predicted molar refractivity (Wildman–Crippen MR) is 73.9 cm³/mol. The second kappa shape index (κ2) is 5.02. The second-order valence-electron chi connectivity index (χ2n) is 4.71. The Balaban J connectivity index is 1.78. The summed E-state index contributed by atoms with van der Waals surface area (Å²) in [6.45, 7) is 1.91. The van der Waals surface area contributed by atoms with Crippen molar-refractivity contribution >= 4 is 29.0 Å². The number of hydrogen-bond acceptors (Lipinski definition) is 3. The number of carbonyl (C=O) groups is 1. The van der Waals surface area contributed by atoms with Crippen LogP contribution in [-0.2, 0) is 12.2 Å². The zero-order valence-corrected chi connectivity index (χ0v) is 11.5. The van der Waals surface area contributed by atoms with Gasteiger partial charge in [-0.3, -0.25) is 4.79 Å². The Labute approximate surface area is 110 Å². The van der Waals surface area contributed by atoms with E-state index in [2.05, 4.69) is 6.07 Å². The van der Waals surface area contributed by atoms with Crippen molar-refractivity contribution in [3.63, 3.8) is 0 Å². The minimum absolute atomic E-state index is 0.272. The Hall–Kier alpha value is -0.480. The molecule has 3 heterocycles. The van der Waals surface area contributed by atoms with Crippen molar-refractivity contribution in [2.75, 3.05) is 18.8 Å². The van der Waals surface area contributed by atoms with Crippen LogP contribution in [0.4, 0.5) is 0 Å². The summed E-state index contributed by atoms with van der Waals surface area (Å²) in [5.74, 6) is 2.58. The SMILES string of the molecule is O=C(c1cc2c(s1)CCSC2)N1CCCCC1. The molecule has 0 aromatic carbocycles. The molecule has 3 rings (SSSR count). The van der Waals surface area contributed by atoms with E-state index in [4.69, 9.17) is 0 Å². The molecule has 1 aromatic rings. The normalized spacial score (nSPS) is 20.1. The lowest BCUT2D eigenvalue weighted by molar-refractivity contribution is 0.0729. The first-order chi connectivity index (χ1) is 8.34. The van der Waals surface area contributed by atoms with E-state index >= 15 is 0 Å². The fourth-order valence-electron chi connectivity index (χ4n) is 2.51. The molecule has 2 nitrogen and oxygen atoms in total. The molecule has 0 atom stereocenters. The van der Waals surface area contributed by atoms with Gasteiger partial charge in [-0.25, -0.2) is 0 Å². The fraction of sp³-hybridized carbons (Fsp3) is 0.615. The number of amides is 1. The van der Waals surface area contributed by atoms with Crippen molar-refractivity contribution in [1.82, 2.24) is 4.90 Å². The number of carbonyl (C=O) groups excluding carboxylic acids is 1.